The number of aromatic nitrogens is 2. The Balaban J connectivity index is 1.59. The molecule has 0 aliphatic heterocycles. The highest BCUT2D eigenvalue weighted by Crippen LogP contribution is 2.58. The summed E-state index contributed by atoms with van der Waals surface area (Å²) >= 11 is 0. The molecular formula is C17H21N3O3S. The van der Waals surface area contributed by atoms with E-state index in [1.54, 1.807) is 29.6 Å². The van der Waals surface area contributed by atoms with Crippen molar-refractivity contribution >= 4 is 21.1 Å². The Bertz CT molecular complexity index is 869. The van der Waals surface area contributed by atoms with Crippen LogP contribution in [0.3, 0.4) is 0 Å². The molecule has 0 N–H and O–H groups in total. The van der Waals surface area contributed by atoms with Gasteiger partial charge in [-0.05, 0) is 78.7 Å². The number of hydrogen-bond acceptors (Lipinski definition) is 5. The van der Waals surface area contributed by atoms with Crippen molar-refractivity contribution in [1.82, 2.24) is 14.6 Å². The van der Waals surface area contributed by atoms with Crippen LogP contribution in [0.1, 0.15) is 38.5 Å². The van der Waals surface area contributed by atoms with E-state index in [0.717, 1.165) is 19.3 Å². The lowest BCUT2D eigenvalue weighted by Crippen LogP contribution is -2.60. The molecule has 2 aromatic rings. The van der Waals surface area contributed by atoms with Gasteiger partial charge in [-0.15, -0.1) is 0 Å². The third-order valence-electron chi connectivity index (χ3n) is 6.56. The van der Waals surface area contributed by atoms with Crippen LogP contribution in [0.25, 0.3) is 11.0 Å². The van der Waals surface area contributed by atoms with Gasteiger partial charge in [-0.2, -0.15) is 4.31 Å². The molecule has 24 heavy (non-hydrogen) atoms. The maximum atomic E-state index is 13.4. The fourth-order valence-corrected chi connectivity index (χ4v) is 7.51. The van der Waals surface area contributed by atoms with Gasteiger partial charge in [-0.1, -0.05) is 6.07 Å². The molecule has 4 fully saturated rings. The van der Waals surface area contributed by atoms with Crippen molar-refractivity contribution in [2.45, 2.75) is 49.0 Å². The normalized spacial score (nSPS) is 35.2. The van der Waals surface area contributed by atoms with E-state index in [-0.39, 0.29) is 10.4 Å². The van der Waals surface area contributed by atoms with Crippen LogP contribution in [0, 0.1) is 17.8 Å². The highest BCUT2D eigenvalue weighted by Gasteiger charge is 2.55. The number of rotatable bonds is 3. The molecule has 4 aliphatic carbocycles. The average molecular weight is 347 g/mol. The first-order valence-corrected chi connectivity index (χ1v) is 10.1. The van der Waals surface area contributed by atoms with E-state index >= 15 is 0 Å². The van der Waals surface area contributed by atoms with Gasteiger partial charge >= 0.3 is 0 Å². The molecule has 4 bridgehead atoms. The Morgan fingerprint density at radius 2 is 1.71 bits per heavy atom. The van der Waals surface area contributed by atoms with E-state index < -0.39 is 10.0 Å². The number of benzene rings is 1. The second-order valence-corrected chi connectivity index (χ2v) is 9.94. The van der Waals surface area contributed by atoms with Gasteiger partial charge < -0.3 is 0 Å². The molecule has 4 saturated carbocycles. The van der Waals surface area contributed by atoms with Crippen LogP contribution in [0.4, 0.5) is 0 Å². The van der Waals surface area contributed by atoms with Crippen LogP contribution >= 0.6 is 0 Å². The van der Waals surface area contributed by atoms with Crippen molar-refractivity contribution in [3.63, 3.8) is 0 Å². The van der Waals surface area contributed by atoms with Gasteiger partial charge in [-0.3, -0.25) is 0 Å². The van der Waals surface area contributed by atoms with Crippen molar-refractivity contribution in [3.8, 4) is 0 Å². The molecule has 4 aliphatic rings. The lowest BCUT2D eigenvalue weighted by atomic mass is 9.53. The summed E-state index contributed by atoms with van der Waals surface area (Å²) in [7, 11) is -1.87. The molecule has 128 valence electrons. The van der Waals surface area contributed by atoms with E-state index in [9.17, 15) is 8.42 Å². The Hall–Kier alpha value is -1.47. The molecule has 0 saturated heterocycles. The smallest absolute Gasteiger partial charge is 0.243 e. The highest BCUT2D eigenvalue weighted by molar-refractivity contribution is 7.89. The molecule has 0 spiro atoms. The highest BCUT2D eigenvalue weighted by atomic mass is 32.2. The zero-order valence-electron chi connectivity index (χ0n) is 13.7. The summed E-state index contributed by atoms with van der Waals surface area (Å²) in [6.07, 6.45) is 6.87. The van der Waals surface area contributed by atoms with E-state index in [1.807, 2.05) is 0 Å². The molecule has 0 amide bonds. The van der Waals surface area contributed by atoms with Gasteiger partial charge in [0.15, 0.2) is 5.52 Å². The Kier molecular flexibility index (Phi) is 2.96. The van der Waals surface area contributed by atoms with E-state index in [4.69, 9.17) is 4.63 Å². The van der Waals surface area contributed by atoms with Crippen molar-refractivity contribution in [2.75, 3.05) is 7.05 Å². The molecule has 0 atom stereocenters. The van der Waals surface area contributed by atoms with Crippen LogP contribution in [-0.2, 0) is 10.0 Å². The van der Waals surface area contributed by atoms with Gasteiger partial charge in [0.1, 0.15) is 10.4 Å². The number of hydrogen-bond donors (Lipinski definition) is 0. The van der Waals surface area contributed by atoms with E-state index in [1.165, 1.54) is 19.3 Å². The van der Waals surface area contributed by atoms with Gasteiger partial charge in [0.2, 0.25) is 10.0 Å². The molecule has 6 rings (SSSR count). The standard InChI is InChI=1S/C17H21N3O3S/c1-20(17-8-11-5-12(9-17)7-13(6-11)10-17)24(21,22)15-4-2-3-14-16(15)19-23-18-14/h2-4,11-13H,5-10H2,1H3. The van der Waals surface area contributed by atoms with Crippen LogP contribution in [0.5, 0.6) is 0 Å². The third kappa shape index (κ3) is 1.94. The summed E-state index contributed by atoms with van der Waals surface area (Å²) in [5, 5.41) is 7.60. The summed E-state index contributed by atoms with van der Waals surface area (Å²) in [5.74, 6) is 2.08. The van der Waals surface area contributed by atoms with Crippen molar-refractivity contribution < 1.29 is 13.0 Å². The van der Waals surface area contributed by atoms with E-state index in [2.05, 4.69) is 10.3 Å². The predicted molar refractivity (Wildman–Crippen MR) is 87.7 cm³/mol. The topological polar surface area (TPSA) is 76.3 Å². The summed E-state index contributed by atoms with van der Waals surface area (Å²) in [5.41, 5.74) is 0.594. The zero-order valence-corrected chi connectivity index (χ0v) is 14.5. The van der Waals surface area contributed by atoms with Crippen molar-refractivity contribution in [2.24, 2.45) is 17.8 Å². The monoisotopic (exact) mass is 347 g/mol. The van der Waals surface area contributed by atoms with Crippen LogP contribution < -0.4 is 0 Å². The zero-order chi connectivity index (χ0) is 16.5. The predicted octanol–water partition coefficient (Wildman–Crippen LogP) is 2.81. The first-order valence-electron chi connectivity index (χ1n) is 8.68. The molecule has 1 aromatic carbocycles. The molecular weight excluding hydrogens is 326 g/mol. The Morgan fingerprint density at radius 3 is 2.33 bits per heavy atom. The Labute approximate surface area is 141 Å². The largest absolute Gasteiger partial charge is 0.245 e. The average Bonchev–Trinajstić information content (AvgIpc) is 3.01. The van der Waals surface area contributed by atoms with Crippen molar-refractivity contribution in [1.29, 1.82) is 0 Å². The first-order chi connectivity index (χ1) is 11.5. The summed E-state index contributed by atoms with van der Waals surface area (Å²) < 4.78 is 33.2. The second kappa shape index (κ2) is 4.79. The minimum atomic E-state index is -3.63. The molecule has 1 heterocycles. The van der Waals surface area contributed by atoms with Crippen molar-refractivity contribution in [3.05, 3.63) is 18.2 Å². The molecule has 6 nitrogen and oxygen atoms in total. The molecule has 1 aromatic heterocycles. The SMILES string of the molecule is CN(C12CC3CC(CC(C3)C1)C2)S(=O)(=O)c1cccc2nonc12. The first kappa shape index (κ1) is 14.8. The number of sulfonamides is 1. The molecule has 0 radical (unpaired) electrons. The lowest BCUT2D eigenvalue weighted by molar-refractivity contribution is -0.0495. The van der Waals surface area contributed by atoms with Gasteiger partial charge in [0.25, 0.3) is 0 Å². The summed E-state index contributed by atoms with van der Waals surface area (Å²) in [6, 6.07) is 5.03. The third-order valence-corrected chi connectivity index (χ3v) is 8.55. The molecule has 7 heteroatoms. The summed E-state index contributed by atoms with van der Waals surface area (Å²) in [6.45, 7) is 0. The maximum absolute atomic E-state index is 13.4. The number of fused-ring (bicyclic) bond motifs is 1. The van der Waals surface area contributed by atoms with Crippen LogP contribution in [-0.4, -0.2) is 35.6 Å². The Morgan fingerprint density at radius 1 is 1.08 bits per heavy atom. The summed E-state index contributed by atoms with van der Waals surface area (Å²) in [4.78, 5) is 0.208. The maximum Gasteiger partial charge on any atom is 0.245 e. The van der Waals surface area contributed by atoms with Gasteiger partial charge in [0, 0.05) is 12.6 Å². The van der Waals surface area contributed by atoms with E-state index in [0.29, 0.717) is 28.8 Å². The quantitative estimate of drug-likeness (QED) is 0.853. The van der Waals surface area contributed by atoms with Gasteiger partial charge in [-0.25, -0.2) is 13.0 Å². The number of nitrogens with zero attached hydrogens (tertiary/aromatic N) is 3. The molecule has 0 unspecified atom stereocenters. The lowest BCUT2D eigenvalue weighted by Gasteiger charge is -2.59. The van der Waals surface area contributed by atoms with Crippen LogP contribution in [0.15, 0.2) is 27.7 Å². The fourth-order valence-electron chi connectivity index (χ4n) is 5.84. The fraction of sp³-hybridized carbons (Fsp3) is 0.647. The second-order valence-electron chi connectivity index (χ2n) is 8.00. The van der Waals surface area contributed by atoms with Crippen LogP contribution in [0.2, 0.25) is 0 Å². The van der Waals surface area contributed by atoms with Gasteiger partial charge in [0.05, 0.1) is 0 Å². The minimum Gasteiger partial charge on any atom is -0.243 e. The minimum absolute atomic E-state index is 0.208.